The van der Waals surface area contributed by atoms with Crippen molar-refractivity contribution in [2.75, 3.05) is 7.11 Å². The minimum Gasteiger partial charge on any atom is -0.467 e. The topological polar surface area (TPSA) is 158 Å². The molecule has 0 amide bonds. The Morgan fingerprint density at radius 2 is 1.27 bits per heavy atom. The zero-order valence-corrected chi connectivity index (χ0v) is 16.6. The average Bonchev–Trinajstić information content (AvgIpc) is 2.56. The van der Waals surface area contributed by atoms with E-state index in [2.05, 4.69) is 8.92 Å². The number of carbonyl (C=O) groups is 4. The molecule has 1 heterocycles. The molecule has 0 aromatic carbocycles. The number of halogens is 3. The van der Waals surface area contributed by atoms with E-state index < -0.39 is 70.2 Å². The largest absolute Gasteiger partial charge is 0.523 e. The van der Waals surface area contributed by atoms with Crippen LogP contribution in [0.2, 0.25) is 0 Å². The lowest BCUT2D eigenvalue weighted by atomic mass is 9.98. The predicted molar refractivity (Wildman–Crippen MR) is 83.4 cm³/mol. The van der Waals surface area contributed by atoms with Gasteiger partial charge >= 0.3 is 39.5 Å². The summed E-state index contributed by atoms with van der Waals surface area (Å²) in [6.45, 7) is 2.49. The quantitative estimate of drug-likeness (QED) is 0.215. The summed E-state index contributed by atoms with van der Waals surface area (Å²) in [4.78, 5) is 46.3. The Labute approximate surface area is 167 Å². The lowest BCUT2D eigenvalue weighted by molar-refractivity contribution is -0.283. The summed E-state index contributed by atoms with van der Waals surface area (Å²) in [7, 11) is -5.50. The van der Waals surface area contributed by atoms with E-state index in [-0.39, 0.29) is 0 Å². The highest BCUT2D eigenvalue weighted by Gasteiger charge is 2.59. The van der Waals surface area contributed by atoms with Gasteiger partial charge in [0.1, 0.15) is 0 Å². The van der Waals surface area contributed by atoms with Crippen molar-refractivity contribution in [1.82, 2.24) is 0 Å². The van der Waals surface area contributed by atoms with E-state index in [0.29, 0.717) is 0 Å². The molecule has 0 spiro atoms. The van der Waals surface area contributed by atoms with Gasteiger partial charge in [-0.3, -0.25) is 14.4 Å². The molecule has 0 saturated carbocycles. The average molecular weight is 466 g/mol. The van der Waals surface area contributed by atoms with Crippen LogP contribution in [0.3, 0.4) is 0 Å². The van der Waals surface area contributed by atoms with Crippen molar-refractivity contribution in [3.05, 3.63) is 0 Å². The van der Waals surface area contributed by atoms with Gasteiger partial charge in [-0.15, -0.1) is 0 Å². The minimum absolute atomic E-state index is 0.785. The fourth-order valence-electron chi connectivity index (χ4n) is 2.34. The smallest absolute Gasteiger partial charge is 0.467 e. The second-order valence-corrected chi connectivity index (χ2v) is 7.23. The predicted octanol–water partition coefficient (Wildman–Crippen LogP) is -0.454. The number of methoxy groups -OCH3 is 1. The molecule has 1 aliphatic rings. The summed E-state index contributed by atoms with van der Waals surface area (Å²) in [6, 6.07) is 0. The lowest BCUT2D eigenvalue weighted by Gasteiger charge is -2.42. The Hall–Kier alpha value is -2.46. The number of hydrogen-bond acceptors (Lipinski definition) is 12. The summed E-state index contributed by atoms with van der Waals surface area (Å²) in [5, 5.41) is 0. The van der Waals surface area contributed by atoms with E-state index in [1.807, 2.05) is 0 Å². The number of carbonyl (C=O) groups excluding carboxylic acids is 4. The molecule has 1 rings (SSSR count). The summed E-state index contributed by atoms with van der Waals surface area (Å²) in [5.41, 5.74) is -5.92. The van der Waals surface area contributed by atoms with Gasteiger partial charge in [0, 0.05) is 20.8 Å². The van der Waals surface area contributed by atoms with E-state index >= 15 is 0 Å². The summed E-state index contributed by atoms with van der Waals surface area (Å²) in [5.74, 6) is -4.70. The fraction of sp³-hybridized carbons (Fsp3) is 0.714. The first-order chi connectivity index (χ1) is 13.6. The molecule has 0 N–H and O–H groups in total. The maximum absolute atomic E-state index is 12.7. The van der Waals surface area contributed by atoms with Crippen LogP contribution in [-0.2, 0) is 57.2 Å². The molecule has 1 fully saturated rings. The Morgan fingerprint density at radius 3 is 1.67 bits per heavy atom. The summed E-state index contributed by atoms with van der Waals surface area (Å²) >= 11 is 0. The third-order valence-electron chi connectivity index (χ3n) is 3.34. The maximum atomic E-state index is 12.7. The van der Waals surface area contributed by atoms with Crippen LogP contribution in [0.15, 0.2) is 0 Å². The minimum atomic E-state index is -6.33. The van der Waals surface area contributed by atoms with Gasteiger partial charge in [0.05, 0.1) is 7.11 Å². The van der Waals surface area contributed by atoms with Gasteiger partial charge in [-0.05, 0) is 0 Å². The molecule has 0 aromatic heterocycles. The molecule has 1 aliphatic heterocycles. The number of hydrogen-bond donors (Lipinski definition) is 0. The van der Waals surface area contributed by atoms with E-state index in [1.165, 1.54) is 0 Å². The van der Waals surface area contributed by atoms with Crippen molar-refractivity contribution < 1.29 is 68.6 Å². The zero-order chi connectivity index (χ0) is 23.4. The van der Waals surface area contributed by atoms with E-state index in [1.54, 1.807) is 0 Å². The highest BCUT2D eigenvalue weighted by atomic mass is 32.2. The molecular weight excluding hydrogens is 449 g/mol. The first-order valence-corrected chi connectivity index (χ1v) is 9.26. The Kier molecular flexibility index (Phi) is 8.16. The number of ether oxygens (including phenoxy) is 5. The molecule has 0 radical (unpaired) electrons. The van der Waals surface area contributed by atoms with E-state index in [0.717, 1.165) is 27.9 Å². The van der Waals surface area contributed by atoms with Gasteiger partial charge in [0.15, 0.2) is 24.4 Å². The van der Waals surface area contributed by atoms with Gasteiger partial charge in [-0.1, -0.05) is 0 Å². The first-order valence-electron chi connectivity index (χ1n) is 7.85. The molecule has 0 aliphatic carbocycles. The van der Waals surface area contributed by atoms with Gasteiger partial charge in [-0.2, -0.15) is 21.6 Å². The molecule has 0 bridgehead atoms. The van der Waals surface area contributed by atoms with Crippen LogP contribution in [0, 0.1) is 0 Å². The van der Waals surface area contributed by atoms with Crippen molar-refractivity contribution in [3.63, 3.8) is 0 Å². The fourth-order valence-corrected chi connectivity index (χ4v) is 2.85. The molecule has 1 unspecified atom stereocenters. The van der Waals surface area contributed by atoms with Crippen LogP contribution in [0.25, 0.3) is 0 Å². The van der Waals surface area contributed by atoms with Gasteiger partial charge < -0.3 is 23.7 Å². The highest BCUT2D eigenvalue weighted by Crippen LogP contribution is 2.34. The van der Waals surface area contributed by atoms with Crippen LogP contribution in [-0.4, -0.2) is 75.6 Å². The molecule has 172 valence electrons. The van der Waals surface area contributed by atoms with Crippen LogP contribution in [0.4, 0.5) is 13.2 Å². The normalized spacial score (nSPS) is 27.0. The number of rotatable bonds is 6. The molecular formula is C14H17F3O12S. The third kappa shape index (κ3) is 6.27. The maximum Gasteiger partial charge on any atom is 0.523 e. The van der Waals surface area contributed by atoms with Crippen molar-refractivity contribution in [1.29, 1.82) is 0 Å². The Balaban J connectivity index is 3.54. The van der Waals surface area contributed by atoms with Gasteiger partial charge in [0.2, 0.25) is 6.29 Å². The highest BCUT2D eigenvalue weighted by molar-refractivity contribution is 7.87. The molecule has 30 heavy (non-hydrogen) atoms. The van der Waals surface area contributed by atoms with E-state index in [4.69, 9.17) is 18.9 Å². The monoisotopic (exact) mass is 466 g/mol. The van der Waals surface area contributed by atoms with E-state index in [9.17, 15) is 40.8 Å². The van der Waals surface area contributed by atoms with Crippen molar-refractivity contribution in [3.8, 4) is 0 Å². The van der Waals surface area contributed by atoms with Gasteiger partial charge in [-0.25, -0.2) is 8.98 Å². The molecule has 5 atom stereocenters. The summed E-state index contributed by atoms with van der Waals surface area (Å²) < 4.78 is 88.6. The van der Waals surface area contributed by atoms with Crippen LogP contribution >= 0.6 is 0 Å². The lowest BCUT2D eigenvalue weighted by Crippen LogP contribution is -2.64. The Morgan fingerprint density at radius 1 is 0.833 bits per heavy atom. The van der Waals surface area contributed by atoms with Crippen LogP contribution < -0.4 is 0 Å². The van der Waals surface area contributed by atoms with Crippen molar-refractivity contribution in [2.24, 2.45) is 0 Å². The second-order valence-electron chi connectivity index (χ2n) is 5.67. The molecule has 16 heteroatoms. The molecule has 0 aromatic rings. The van der Waals surface area contributed by atoms with Crippen molar-refractivity contribution in [2.45, 2.75) is 57.0 Å². The first kappa shape index (κ1) is 25.6. The van der Waals surface area contributed by atoms with Crippen molar-refractivity contribution >= 4 is 34.0 Å². The summed E-state index contributed by atoms with van der Waals surface area (Å²) in [6.07, 6.45) is -10.8. The zero-order valence-electron chi connectivity index (χ0n) is 15.8. The molecule has 1 saturated heterocycles. The van der Waals surface area contributed by atoms with Crippen LogP contribution in [0.1, 0.15) is 20.8 Å². The third-order valence-corrected chi connectivity index (χ3v) is 4.35. The number of esters is 4. The standard InChI is InChI=1S/C14H17F3O12S/c1-5(18)25-8-9(26-6(2)19)11(27-7(3)20)13(28-10(8)12(21)24-4)29-30(22,23)14(15,16)17/h8-11,13H,1-4H3/t8-,9-,10-,11+,13?/m0/s1. The SMILES string of the molecule is COC(=O)[C@H]1OC(OS(=O)(=O)C(F)(F)F)[C@H](OC(C)=O)[C@@H](OC(C)=O)[C@@H]1OC(C)=O. The van der Waals surface area contributed by atoms with Gasteiger partial charge in [0.25, 0.3) is 0 Å². The second kappa shape index (κ2) is 9.57. The molecule has 12 nitrogen and oxygen atoms in total. The Bertz CT molecular complexity index is 792. The van der Waals surface area contributed by atoms with Crippen LogP contribution in [0.5, 0.6) is 0 Å². The number of alkyl halides is 3.